The molecule has 0 radical (unpaired) electrons. The van der Waals surface area contributed by atoms with E-state index in [1.54, 1.807) is 36.4 Å². The summed E-state index contributed by atoms with van der Waals surface area (Å²) >= 11 is 5.89. The van der Waals surface area contributed by atoms with Crippen LogP contribution in [0.3, 0.4) is 0 Å². The van der Waals surface area contributed by atoms with Gasteiger partial charge in [-0.05, 0) is 79.6 Å². The Hall–Kier alpha value is -3.68. The molecule has 4 aromatic rings. The number of rotatable bonds is 5. The minimum absolute atomic E-state index is 0.00682. The van der Waals surface area contributed by atoms with Crippen molar-refractivity contribution in [1.29, 1.82) is 0 Å². The van der Waals surface area contributed by atoms with E-state index in [1.165, 1.54) is 0 Å². The van der Waals surface area contributed by atoms with Gasteiger partial charge in [-0.15, -0.1) is 0 Å². The Morgan fingerprint density at radius 1 is 0.914 bits per heavy atom. The van der Waals surface area contributed by atoms with E-state index in [1.807, 2.05) is 30.3 Å². The summed E-state index contributed by atoms with van der Waals surface area (Å²) < 4.78 is 0. The van der Waals surface area contributed by atoms with E-state index in [0.717, 1.165) is 36.8 Å². The number of nitrogens with zero attached hydrogens (tertiary/aromatic N) is 1. The molecular formula is C27H26ClN5O2. The third-order valence-corrected chi connectivity index (χ3v) is 6.66. The fourth-order valence-corrected chi connectivity index (χ4v) is 4.52. The zero-order chi connectivity index (χ0) is 24.4. The van der Waals surface area contributed by atoms with Crippen LogP contribution in [0.5, 0.6) is 0 Å². The van der Waals surface area contributed by atoms with Gasteiger partial charge >= 0.3 is 0 Å². The number of aromatic nitrogens is 2. The van der Waals surface area contributed by atoms with Crippen LogP contribution in [0, 0.1) is 0 Å². The van der Waals surface area contributed by atoms with Gasteiger partial charge in [-0.25, -0.2) is 4.98 Å². The number of nitrogens with one attached hydrogen (secondary N) is 3. The average Bonchev–Trinajstić information content (AvgIpc) is 3.30. The molecule has 5 rings (SSSR count). The lowest BCUT2D eigenvalue weighted by atomic mass is 9.91. The largest absolute Gasteiger partial charge is 0.348 e. The number of hydrogen-bond acceptors (Lipinski definition) is 4. The quantitative estimate of drug-likeness (QED) is 0.312. The van der Waals surface area contributed by atoms with Crippen molar-refractivity contribution >= 4 is 40.1 Å². The molecule has 1 aliphatic rings. The highest BCUT2D eigenvalue weighted by atomic mass is 35.5. The zero-order valence-electron chi connectivity index (χ0n) is 19.1. The Kier molecular flexibility index (Phi) is 6.53. The molecule has 2 amide bonds. The summed E-state index contributed by atoms with van der Waals surface area (Å²) in [7, 11) is 0. The van der Waals surface area contributed by atoms with E-state index in [-0.39, 0.29) is 23.9 Å². The zero-order valence-corrected chi connectivity index (χ0v) is 19.8. The highest BCUT2D eigenvalue weighted by Crippen LogP contribution is 2.24. The molecule has 0 saturated heterocycles. The van der Waals surface area contributed by atoms with Crippen LogP contribution in [0.25, 0.3) is 22.4 Å². The Morgan fingerprint density at radius 2 is 1.63 bits per heavy atom. The molecule has 1 fully saturated rings. The lowest BCUT2D eigenvalue weighted by Crippen LogP contribution is -2.49. The number of carbonyl (C=O) groups is 2. The number of benzene rings is 3. The average molecular weight is 488 g/mol. The standard InChI is InChI=1S/C27H26ClN5O2/c28-19-10-5-17(6-11-19)26(34)30-20-12-7-16(8-13-20)25-31-23-14-9-18(15-24(23)32-25)27(35)33-22-4-2-1-3-21(22)29/h5-15,21-22H,1-4,29H2,(H,30,34)(H,31,32)(H,33,35). The summed E-state index contributed by atoms with van der Waals surface area (Å²) in [5.74, 6) is 0.347. The number of anilines is 1. The Balaban J connectivity index is 1.28. The SMILES string of the molecule is NC1CCCCC1NC(=O)c1ccc2[nH]c(-c3ccc(NC(=O)c4ccc(Cl)cc4)cc3)nc2c1. The second kappa shape index (κ2) is 9.90. The first-order valence-corrected chi connectivity index (χ1v) is 12.1. The van der Waals surface area contributed by atoms with Crippen molar-refractivity contribution in [2.75, 3.05) is 5.32 Å². The van der Waals surface area contributed by atoms with E-state index in [2.05, 4.69) is 20.6 Å². The number of halogens is 1. The molecule has 8 heteroatoms. The third kappa shape index (κ3) is 5.21. The second-order valence-electron chi connectivity index (χ2n) is 8.88. The molecule has 0 bridgehead atoms. The summed E-state index contributed by atoms with van der Waals surface area (Å²) in [6.45, 7) is 0. The predicted octanol–water partition coefficient (Wildman–Crippen LogP) is 5.14. The van der Waals surface area contributed by atoms with Crippen molar-refractivity contribution < 1.29 is 9.59 Å². The maximum atomic E-state index is 12.8. The number of imidazole rings is 1. The maximum absolute atomic E-state index is 12.8. The molecule has 3 aromatic carbocycles. The van der Waals surface area contributed by atoms with E-state index >= 15 is 0 Å². The van der Waals surface area contributed by atoms with E-state index in [4.69, 9.17) is 17.3 Å². The highest BCUT2D eigenvalue weighted by molar-refractivity contribution is 6.30. The van der Waals surface area contributed by atoms with Gasteiger partial charge in [0.1, 0.15) is 5.82 Å². The first-order valence-electron chi connectivity index (χ1n) is 11.7. The van der Waals surface area contributed by atoms with Gasteiger partial charge < -0.3 is 21.4 Å². The molecule has 178 valence electrons. The minimum Gasteiger partial charge on any atom is -0.348 e. The number of nitrogens with two attached hydrogens (primary N) is 1. The molecule has 2 atom stereocenters. The van der Waals surface area contributed by atoms with Crippen molar-refractivity contribution in [2.24, 2.45) is 5.73 Å². The molecule has 1 heterocycles. The van der Waals surface area contributed by atoms with Gasteiger partial charge in [-0.2, -0.15) is 0 Å². The van der Waals surface area contributed by atoms with Crippen molar-refractivity contribution in [1.82, 2.24) is 15.3 Å². The molecule has 0 aliphatic heterocycles. The first-order chi connectivity index (χ1) is 17.0. The number of hydrogen-bond donors (Lipinski definition) is 4. The molecule has 1 aliphatic carbocycles. The van der Waals surface area contributed by atoms with Crippen LogP contribution in [0.15, 0.2) is 66.7 Å². The number of aromatic amines is 1. The molecule has 0 spiro atoms. The van der Waals surface area contributed by atoms with Crippen molar-refractivity contribution in [3.63, 3.8) is 0 Å². The molecule has 1 aromatic heterocycles. The van der Waals surface area contributed by atoms with Gasteiger partial charge in [0.25, 0.3) is 11.8 Å². The van der Waals surface area contributed by atoms with Crippen LogP contribution in [0.1, 0.15) is 46.4 Å². The number of H-pyrrole nitrogens is 1. The van der Waals surface area contributed by atoms with Crippen molar-refractivity contribution in [3.05, 3.63) is 82.9 Å². The van der Waals surface area contributed by atoms with Gasteiger partial charge in [0.2, 0.25) is 0 Å². The normalized spacial score (nSPS) is 17.8. The maximum Gasteiger partial charge on any atom is 0.255 e. The fraction of sp³-hybridized carbons (Fsp3) is 0.222. The Bertz CT molecular complexity index is 1360. The molecule has 7 nitrogen and oxygen atoms in total. The van der Waals surface area contributed by atoms with Gasteiger partial charge in [-0.1, -0.05) is 24.4 Å². The molecule has 5 N–H and O–H groups in total. The topological polar surface area (TPSA) is 113 Å². The summed E-state index contributed by atoms with van der Waals surface area (Å²) in [5.41, 5.74) is 10.4. The number of amides is 2. The predicted molar refractivity (Wildman–Crippen MR) is 139 cm³/mol. The summed E-state index contributed by atoms with van der Waals surface area (Å²) in [6.07, 6.45) is 4.06. The van der Waals surface area contributed by atoms with Crippen molar-refractivity contribution in [2.45, 2.75) is 37.8 Å². The van der Waals surface area contributed by atoms with Gasteiger partial charge in [0.05, 0.1) is 11.0 Å². The third-order valence-electron chi connectivity index (χ3n) is 6.40. The number of carbonyl (C=O) groups excluding carboxylic acids is 2. The molecule has 1 saturated carbocycles. The minimum atomic E-state index is -0.210. The lowest BCUT2D eigenvalue weighted by molar-refractivity contribution is 0.0920. The Labute approximate surface area is 208 Å². The van der Waals surface area contributed by atoms with E-state index in [0.29, 0.717) is 33.2 Å². The van der Waals surface area contributed by atoms with Gasteiger partial charge in [0, 0.05) is 39.5 Å². The number of fused-ring (bicyclic) bond motifs is 1. The van der Waals surface area contributed by atoms with Crippen molar-refractivity contribution in [3.8, 4) is 11.4 Å². The van der Waals surface area contributed by atoms with E-state index in [9.17, 15) is 9.59 Å². The first kappa shape index (κ1) is 23.1. The summed E-state index contributed by atoms with van der Waals surface area (Å²) in [5, 5.41) is 6.54. The van der Waals surface area contributed by atoms with Crippen LogP contribution >= 0.6 is 11.6 Å². The van der Waals surface area contributed by atoms with Gasteiger partial charge in [-0.3, -0.25) is 9.59 Å². The fourth-order valence-electron chi connectivity index (χ4n) is 4.39. The molecule has 2 unspecified atom stereocenters. The van der Waals surface area contributed by atoms with Crippen LogP contribution < -0.4 is 16.4 Å². The van der Waals surface area contributed by atoms with Gasteiger partial charge in [0.15, 0.2) is 0 Å². The van der Waals surface area contributed by atoms with Crippen LogP contribution in [-0.4, -0.2) is 33.9 Å². The second-order valence-corrected chi connectivity index (χ2v) is 9.32. The van der Waals surface area contributed by atoms with Crippen LogP contribution in [0.4, 0.5) is 5.69 Å². The van der Waals surface area contributed by atoms with E-state index < -0.39 is 0 Å². The Morgan fingerprint density at radius 3 is 2.37 bits per heavy atom. The highest BCUT2D eigenvalue weighted by Gasteiger charge is 2.24. The molecular weight excluding hydrogens is 462 g/mol. The monoisotopic (exact) mass is 487 g/mol. The molecule has 35 heavy (non-hydrogen) atoms. The summed E-state index contributed by atoms with van der Waals surface area (Å²) in [6, 6.07) is 19.6. The smallest absolute Gasteiger partial charge is 0.255 e. The van der Waals surface area contributed by atoms with Crippen LogP contribution in [0.2, 0.25) is 5.02 Å². The summed E-state index contributed by atoms with van der Waals surface area (Å²) in [4.78, 5) is 33.2. The van der Waals surface area contributed by atoms with Crippen LogP contribution in [-0.2, 0) is 0 Å². The lowest BCUT2D eigenvalue weighted by Gasteiger charge is -2.29.